The maximum atomic E-state index is 14.2. The third-order valence-electron chi connectivity index (χ3n) is 16.0. The van der Waals surface area contributed by atoms with Crippen molar-refractivity contribution in [3.8, 4) is 28.3 Å². The van der Waals surface area contributed by atoms with E-state index in [4.69, 9.17) is 24.2 Å². The summed E-state index contributed by atoms with van der Waals surface area (Å²) in [5.41, 5.74) is 6.72. The highest BCUT2D eigenvalue weighted by Crippen LogP contribution is 2.38. The van der Waals surface area contributed by atoms with E-state index < -0.39 is 35.4 Å². The fourth-order valence-corrected chi connectivity index (χ4v) is 12.5. The first-order chi connectivity index (χ1) is 39.4. The molecule has 9 rings (SSSR count). The van der Waals surface area contributed by atoms with Crippen molar-refractivity contribution in [2.75, 3.05) is 82.0 Å². The lowest BCUT2D eigenvalue weighted by molar-refractivity contribution is -0.144. The third-order valence-corrected chi connectivity index (χ3v) is 17.0. The van der Waals surface area contributed by atoms with Gasteiger partial charge in [0.05, 0.1) is 78.3 Å². The minimum Gasteiger partial charge on any atom is -0.508 e. The van der Waals surface area contributed by atoms with Crippen LogP contribution in [0.2, 0.25) is 0 Å². The van der Waals surface area contributed by atoms with E-state index in [0.717, 1.165) is 81.2 Å². The number of likely N-dealkylation sites (tertiary alicyclic amines) is 2. The predicted octanol–water partition coefficient (Wildman–Crippen LogP) is 6.08. The zero-order chi connectivity index (χ0) is 58.2. The number of thiazole rings is 1. The van der Waals surface area contributed by atoms with Crippen LogP contribution in [-0.2, 0) is 41.6 Å². The molecule has 2 aromatic heterocycles. The van der Waals surface area contributed by atoms with Gasteiger partial charge in [-0.3, -0.25) is 24.1 Å². The molecule has 21 heteroatoms. The van der Waals surface area contributed by atoms with Crippen LogP contribution >= 0.6 is 11.3 Å². The summed E-state index contributed by atoms with van der Waals surface area (Å²) in [7, 11) is 0. The summed E-state index contributed by atoms with van der Waals surface area (Å²) in [6.45, 7) is 19.9. The molecule has 6 heterocycles. The number of aliphatic hydroxyl groups is 1. The Balaban J connectivity index is 0.742. The molecule has 5 aromatic rings. The number of aromatic nitrogens is 3. The number of rotatable bonds is 20. The number of β-amino-alcohol motifs (C(OH)–C–C–N with tert-alkyl or cyclic N) is 1. The molecule has 0 saturated carbocycles. The first-order valence-corrected chi connectivity index (χ1v) is 29.3. The van der Waals surface area contributed by atoms with Crippen LogP contribution in [0, 0.1) is 23.7 Å². The quantitative estimate of drug-likeness (QED) is 0.0510. The van der Waals surface area contributed by atoms with Crippen LogP contribution in [0.3, 0.4) is 0 Å². The average Bonchev–Trinajstić information content (AvgIpc) is 4.20. The molecular formula is C61H77N11O9S. The van der Waals surface area contributed by atoms with Crippen molar-refractivity contribution >= 4 is 57.2 Å². The minimum absolute atomic E-state index is 0.000949. The Hall–Kier alpha value is -7.22. The summed E-state index contributed by atoms with van der Waals surface area (Å²) in [5.74, 6) is -0.571. The number of nitriles is 1. The van der Waals surface area contributed by atoms with Gasteiger partial charge in [0.1, 0.15) is 36.4 Å². The summed E-state index contributed by atoms with van der Waals surface area (Å²) >= 11 is 1.57. The maximum Gasteiger partial charge on any atom is 0.318 e. The number of phenols is 1. The van der Waals surface area contributed by atoms with E-state index in [1.165, 1.54) is 11.0 Å². The van der Waals surface area contributed by atoms with E-state index in [1.807, 2.05) is 89.5 Å². The molecule has 436 valence electrons. The largest absolute Gasteiger partial charge is 0.508 e. The number of piperidine rings is 1. The molecule has 0 aliphatic carbocycles. The van der Waals surface area contributed by atoms with Crippen LogP contribution in [-0.4, -0.2) is 172 Å². The van der Waals surface area contributed by atoms with E-state index in [1.54, 1.807) is 28.4 Å². The number of amides is 4. The number of aromatic hydroxyl groups is 1. The van der Waals surface area contributed by atoms with E-state index in [9.17, 15) is 34.7 Å². The fraction of sp³-hybridized carbons (Fsp3) is 0.508. The van der Waals surface area contributed by atoms with E-state index >= 15 is 0 Å². The second-order valence-electron chi connectivity index (χ2n) is 23.0. The van der Waals surface area contributed by atoms with E-state index in [0.29, 0.717) is 45.7 Å². The van der Waals surface area contributed by atoms with Crippen molar-refractivity contribution in [1.82, 2.24) is 40.3 Å². The second kappa shape index (κ2) is 26.4. The number of hydrogen-bond acceptors (Lipinski definition) is 17. The lowest BCUT2D eigenvalue weighted by atomic mass is 9.85. The summed E-state index contributed by atoms with van der Waals surface area (Å²) in [5, 5.41) is 39.1. The summed E-state index contributed by atoms with van der Waals surface area (Å²) in [6, 6.07) is 19.4. The number of anilines is 2. The van der Waals surface area contributed by atoms with E-state index in [-0.39, 0.29) is 87.1 Å². The Morgan fingerprint density at radius 3 is 2.44 bits per heavy atom. The topological polar surface area (TPSA) is 239 Å². The molecule has 0 radical (unpaired) electrons. The average molecular weight is 1140 g/mol. The summed E-state index contributed by atoms with van der Waals surface area (Å²) in [4.78, 5) is 79.4. The van der Waals surface area contributed by atoms with Crippen LogP contribution in [0.25, 0.3) is 21.2 Å². The predicted molar refractivity (Wildman–Crippen MR) is 313 cm³/mol. The molecule has 3 aromatic carbocycles. The molecule has 0 spiro atoms. The third kappa shape index (κ3) is 14.2. The summed E-state index contributed by atoms with van der Waals surface area (Å²) < 4.78 is 18.5. The molecule has 4 amide bonds. The van der Waals surface area contributed by atoms with Crippen LogP contribution in [0.1, 0.15) is 88.9 Å². The highest BCUT2D eigenvalue weighted by Gasteiger charge is 2.45. The highest BCUT2D eigenvalue weighted by atomic mass is 32.1. The molecule has 4 aliphatic rings. The van der Waals surface area contributed by atoms with Crippen molar-refractivity contribution in [2.24, 2.45) is 5.41 Å². The fourth-order valence-electron chi connectivity index (χ4n) is 11.7. The molecule has 0 bridgehead atoms. The monoisotopic (exact) mass is 1140 g/mol. The van der Waals surface area contributed by atoms with Gasteiger partial charge in [-0.2, -0.15) is 15.2 Å². The number of carbonyl (C=O) groups excluding carboxylic acids is 4. The van der Waals surface area contributed by atoms with Gasteiger partial charge in [0.15, 0.2) is 0 Å². The molecule has 3 saturated heterocycles. The number of nitrogens with one attached hydrogen (secondary N) is 2. The number of nitrogens with zero attached hydrogens (tertiary/aromatic N) is 9. The number of piperazine rings is 1. The van der Waals surface area contributed by atoms with Gasteiger partial charge in [0.25, 0.3) is 0 Å². The van der Waals surface area contributed by atoms with Crippen LogP contribution in [0.5, 0.6) is 11.8 Å². The van der Waals surface area contributed by atoms with Crippen LogP contribution in [0.15, 0.2) is 78.8 Å². The Morgan fingerprint density at radius 1 is 0.951 bits per heavy atom. The van der Waals surface area contributed by atoms with Gasteiger partial charge in [0, 0.05) is 81.5 Å². The van der Waals surface area contributed by atoms with Gasteiger partial charge >= 0.3 is 6.01 Å². The SMILES string of the molecule is C=CC(=O)N1CCN(c2nc(O[C@H](C)CN3CCC(OCCOCC(=O)N[C@H](C(=O)N4CC(O)CC4C(=O)N[C@@H](C)c4ccc(-c5scnc5C)cc4)C(C)(C)C)CC3)nc3c2CCN(c2cc(O)cc4ccccc24)C3)C[C@@H]1CC#N. The number of aryl methyl sites for hydroxylation is 1. The van der Waals surface area contributed by atoms with Gasteiger partial charge in [-0.05, 0) is 74.1 Å². The molecule has 6 atom stereocenters. The normalized spacial score (nSPS) is 20.0. The van der Waals surface area contributed by atoms with Crippen molar-refractivity contribution in [3.63, 3.8) is 0 Å². The summed E-state index contributed by atoms with van der Waals surface area (Å²) in [6.07, 6.45) is 2.60. The number of benzene rings is 3. The Labute approximate surface area is 484 Å². The number of hydrogen-bond donors (Lipinski definition) is 4. The molecular weight excluding hydrogens is 1060 g/mol. The molecule has 4 aliphatic heterocycles. The van der Waals surface area contributed by atoms with Gasteiger partial charge in [-0.25, -0.2) is 4.98 Å². The Bertz CT molecular complexity index is 3140. The smallest absolute Gasteiger partial charge is 0.318 e. The Kier molecular flexibility index (Phi) is 19.1. The van der Waals surface area contributed by atoms with Gasteiger partial charge in [0.2, 0.25) is 23.6 Å². The lowest BCUT2D eigenvalue weighted by Gasteiger charge is -2.42. The number of aliphatic hydroxyl groups excluding tert-OH is 1. The van der Waals surface area contributed by atoms with Crippen molar-refractivity contribution in [3.05, 3.63) is 101 Å². The molecule has 20 nitrogen and oxygen atoms in total. The molecule has 3 fully saturated rings. The lowest BCUT2D eigenvalue weighted by Crippen LogP contribution is -2.58. The van der Waals surface area contributed by atoms with Gasteiger partial charge in [-0.15, -0.1) is 11.3 Å². The standard InChI is InChI=1S/C61H77N11O9S/c1-8-54(76)71-26-25-70(33-44(71)17-21-62)57-49-20-24-69(51-30-45(73)29-43-11-9-10-12-48(43)51)35-50(49)65-60(67-57)81-38(2)32-68-22-18-47(19-23-68)80-28-27-79-36-53(75)66-56(61(5,6)7)59(78)72-34-46(74)31-52(72)58(77)64-39(3)41-13-15-42(16-14-41)55-40(4)63-37-82-55/h8-16,29-30,37-39,44,46-47,52,56,73-74H,1,17-20,22-28,31-36H2,2-7H3,(H,64,77)(H,66,75)/t38-,39+,44+,46?,52?,56-/m1/s1. The van der Waals surface area contributed by atoms with Crippen LogP contribution in [0.4, 0.5) is 11.5 Å². The van der Waals surface area contributed by atoms with Crippen LogP contribution < -0.4 is 25.2 Å². The highest BCUT2D eigenvalue weighted by molar-refractivity contribution is 7.13. The van der Waals surface area contributed by atoms with E-state index in [2.05, 4.69) is 49.0 Å². The van der Waals surface area contributed by atoms with Crippen molar-refractivity contribution < 1.29 is 43.6 Å². The zero-order valence-electron chi connectivity index (χ0n) is 47.9. The molecule has 82 heavy (non-hydrogen) atoms. The van der Waals surface area contributed by atoms with Crippen molar-refractivity contribution in [2.45, 2.75) is 123 Å². The number of phenolic OH excluding ortho intramolecular Hbond substituents is 1. The van der Waals surface area contributed by atoms with Crippen molar-refractivity contribution in [1.29, 1.82) is 5.26 Å². The molecule has 4 N–H and O–H groups in total. The number of ether oxygens (including phenoxy) is 3. The minimum atomic E-state index is -0.988. The number of carbonyl (C=O) groups is 4. The van der Waals surface area contributed by atoms with Gasteiger partial charge < -0.3 is 54.7 Å². The first kappa shape index (κ1) is 59.4. The Morgan fingerprint density at radius 2 is 1.72 bits per heavy atom. The van der Waals surface area contributed by atoms with Gasteiger partial charge in [-0.1, -0.05) is 75.9 Å². The maximum absolute atomic E-state index is 14.2. The molecule has 2 unspecified atom stereocenters. The second-order valence-corrected chi connectivity index (χ2v) is 23.9. The number of fused-ring (bicyclic) bond motifs is 2. The zero-order valence-corrected chi connectivity index (χ0v) is 48.7. The first-order valence-electron chi connectivity index (χ1n) is 28.5.